The fraction of sp³-hybridized carbons (Fsp3) is 0.316. The number of nitrogens with zero attached hydrogens (tertiary/aromatic N) is 4. The van der Waals surface area contributed by atoms with E-state index in [0.29, 0.717) is 11.7 Å². The monoisotopic (exact) mass is 370 g/mol. The second-order valence-electron chi connectivity index (χ2n) is 6.20. The maximum absolute atomic E-state index is 12.7. The number of aromatic nitrogens is 3. The summed E-state index contributed by atoms with van der Waals surface area (Å²) < 4.78 is 7.23. The number of hydrogen-bond acceptors (Lipinski definition) is 5. The Balaban J connectivity index is 1.68. The summed E-state index contributed by atoms with van der Waals surface area (Å²) in [4.78, 5) is 14.4. The summed E-state index contributed by atoms with van der Waals surface area (Å²) in [6, 6.07) is 11.8. The molecule has 2 aromatic heterocycles. The van der Waals surface area contributed by atoms with E-state index in [1.165, 1.54) is 11.8 Å². The van der Waals surface area contributed by atoms with Gasteiger partial charge in [0.05, 0.1) is 17.1 Å². The van der Waals surface area contributed by atoms with Gasteiger partial charge in [0.15, 0.2) is 11.0 Å². The molecule has 136 valence electrons. The van der Waals surface area contributed by atoms with Crippen LogP contribution in [0.3, 0.4) is 0 Å². The molecule has 0 aliphatic heterocycles. The first kappa shape index (κ1) is 18.3. The van der Waals surface area contributed by atoms with Crippen LogP contribution in [-0.2, 0) is 18.4 Å². The molecule has 0 aliphatic rings. The fourth-order valence-electron chi connectivity index (χ4n) is 2.72. The van der Waals surface area contributed by atoms with E-state index in [1.54, 1.807) is 11.2 Å². The highest BCUT2D eigenvalue weighted by molar-refractivity contribution is 8.00. The number of benzene rings is 1. The van der Waals surface area contributed by atoms with Crippen LogP contribution in [0.15, 0.2) is 52.2 Å². The van der Waals surface area contributed by atoms with Crippen molar-refractivity contribution in [3.8, 4) is 11.4 Å². The molecule has 0 unspecified atom stereocenters. The SMILES string of the molecule is Cc1occc1-c1nnc(S[C@@H](C)C(=O)N(C)Cc2ccccc2)n1C. The van der Waals surface area contributed by atoms with E-state index in [2.05, 4.69) is 10.2 Å². The topological polar surface area (TPSA) is 64.2 Å². The van der Waals surface area contributed by atoms with Crippen LogP contribution in [0.2, 0.25) is 0 Å². The van der Waals surface area contributed by atoms with Gasteiger partial charge in [0.2, 0.25) is 5.91 Å². The lowest BCUT2D eigenvalue weighted by molar-refractivity contribution is -0.129. The van der Waals surface area contributed by atoms with Crippen molar-refractivity contribution in [3.05, 3.63) is 54.0 Å². The summed E-state index contributed by atoms with van der Waals surface area (Å²) in [6.45, 7) is 4.37. The van der Waals surface area contributed by atoms with Crippen LogP contribution < -0.4 is 0 Å². The predicted octanol–water partition coefficient (Wildman–Crippen LogP) is 3.52. The average molecular weight is 370 g/mol. The van der Waals surface area contributed by atoms with Crippen molar-refractivity contribution in [2.75, 3.05) is 7.05 Å². The molecule has 1 aromatic carbocycles. The third-order valence-corrected chi connectivity index (χ3v) is 5.32. The van der Waals surface area contributed by atoms with Crippen LogP contribution in [0.4, 0.5) is 0 Å². The number of furan rings is 1. The molecule has 26 heavy (non-hydrogen) atoms. The van der Waals surface area contributed by atoms with Gasteiger partial charge in [-0.05, 0) is 25.5 Å². The molecular weight excluding hydrogens is 348 g/mol. The van der Waals surface area contributed by atoms with E-state index in [-0.39, 0.29) is 11.2 Å². The first-order chi connectivity index (χ1) is 12.5. The number of carbonyl (C=O) groups is 1. The lowest BCUT2D eigenvalue weighted by Crippen LogP contribution is -2.32. The maximum Gasteiger partial charge on any atom is 0.235 e. The number of aryl methyl sites for hydroxylation is 1. The van der Waals surface area contributed by atoms with Gasteiger partial charge in [0.25, 0.3) is 0 Å². The third-order valence-electron chi connectivity index (χ3n) is 4.20. The van der Waals surface area contributed by atoms with Gasteiger partial charge >= 0.3 is 0 Å². The molecule has 0 fully saturated rings. The molecule has 0 N–H and O–H groups in total. The van der Waals surface area contributed by atoms with Crippen molar-refractivity contribution in [2.45, 2.75) is 30.8 Å². The molecule has 0 spiro atoms. The maximum atomic E-state index is 12.7. The van der Waals surface area contributed by atoms with E-state index in [1.807, 2.05) is 68.9 Å². The van der Waals surface area contributed by atoms with E-state index in [0.717, 1.165) is 22.7 Å². The second-order valence-corrected chi connectivity index (χ2v) is 7.50. The molecule has 3 aromatic rings. The quantitative estimate of drug-likeness (QED) is 0.621. The van der Waals surface area contributed by atoms with Gasteiger partial charge in [-0.25, -0.2) is 0 Å². The van der Waals surface area contributed by atoms with Crippen LogP contribution >= 0.6 is 11.8 Å². The zero-order valence-corrected chi connectivity index (χ0v) is 16.2. The molecule has 1 atom stereocenters. The zero-order chi connectivity index (χ0) is 18.7. The van der Waals surface area contributed by atoms with Gasteiger partial charge in [-0.2, -0.15) is 0 Å². The number of rotatable bonds is 6. The van der Waals surface area contributed by atoms with Crippen molar-refractivity contribution in [1.82, 2.24) is 19.7 Å². The lowest BCUT2D eigenvalue weighted by atomic mass is 10.2. The molecule has 7 heteroatoms. The first-order valence-electron chi connectivity index (χ1n) is 8.36. The molecule has 3 rings (SSSR count). The predicted molar refractivity (Wildman–Crippen MR) is 102 cm³/mol. The molecule has 0 bridgehead atoms. The minimum atomic E-state index is -0.259. The Morgan fingerprint density at radius 1 is 1.27 bits per heavy atom. The Kier molecular flexibility index (Phi) is 5.46. The zero-order valence-electron chi connectivity index (χ0n) is 15.3. The summed E-state index contributed by atoms with van der Waals surface area (Å²) in [5, 5.41) is 8.94. The van der Waals surface area contributed by atoms with Crippen LogP contribution in [0.1, 0.15) is 18.2 Å². The summed E-state index contributed by atoms with van der Waals surface area (Å²) in [7, 11) is 3.72. The Bertz CT molecular complexity index is 888. The van der Waals surface area contributed by atoms with Gasteiger partial charge in [0, 0.05) is 20.6 Å². The van der Waals surface area contributed by atoms with Crippen molar-refractivity contribution in [2.24, 2.45) is 7.05 Å². The Labute approximate surface area is 157 Å². The minimum Gasteiger partial charge on any atom is -0.469 e. The normalized spacial score (nSPS) is 12.2. The molecular formula is C19H22N4O2S. The molecule has 2 heterocycles. The lowest BCUT2D eigenvalue weighted by Gasteiger charge is -2.21. The van der Waals surface area contributed by atoms with Gasteiger partial charge in [-0.1, -0.05) is 42.1 Å². The summed E-state index contributed by atoms with van der Waals surface area (Å²) in [6.07, 6.45) is 1.64. The highest BCUT2D eigenvalue weighted by atomic mass is 32.2. The average Bonchev–Trinajstić information content (AvgIpc) is 3.21. The van der Waals surface area contributed by atoms with Crippen LogP contribution in [-0.4, -0.2) is 37.9 Å². The van der Waals surface area contributed by atoms with Gasteiger partial charge in [-0.15, -0.1) is 10.2 Å². The van der Waals surface area contributed by atoms with E-state index >= 15 is 0 Å². The van der Waals surface area contributed by atoms with E-state index < -0.39 is 0 Å². The largest absolute Gasteiger partial charge is 0.469 e. The molecule has 6 nitrogen and oxygen atoms in total. The van der Waals surface area contributed by atoms with Crippen LogP contribution in [0, 0.1) is 6.92 Å². The van der Waals surface area contributed by atoms with Gasteiger partial charge in [0.1, 0.15) is 5.76 Å². The smallest absolute Gasteiger partial charge is 0.235 e. The molecule has 0 radical (unpaired) electrons. The molecule has 0 aliphatic carbocycles. The third kappa shape index (κ3) is 3.83. The van der Waals surface area contributed by atoms with Crippen LogP contribution in [0.5, 0.6) is 0 Å². The standard InChI is InChI=1S/C19H22N4O2S/c1-13-16(10-11-25-13)17-20-21-19(23(17)4)26-14(2)18(24)22(3)12-15-8-6-5-7-9-15/h5-11,14H,12H2,1-4H3/t14-/m0/s1. The van der Waals surface area contributed by atoms with E-state index in [9.17, 15) is 4.79 Å². The fourth-order valence-corrected chi connectivity index (χ4v) is 3.65. The van der Waals surface area contributed by atoms with Gasteiger partial charge in [-0.3, -0.25) is 4.79 Å². The highest BCUT2D eigenvalue weighted by Crippen LogP contribution is 2.28. The van der Waals surface area contributed by atoms with Gasteiger partial charge < -0.3 is 13.9 Å². The van der Waals surface area contributed by atoms with Crippen molar-refractivity contribution in [3.63, 3.8) is 0 Å². The number of amides is 1. The molecule has 0 saturated heterocycles. The van der Waals surface area contributed by atoms with Crippen molar-refractivity contribution < 1.29 is 9.21 Å². The van der Waals surface area contributed by atoms with E-state index in [4.69, 9.17) is 4.42 Å². The Morgan fingerprint density at radius 3 is 2.65 bits per heavy atom. The van der Waals surface area contributed by atoms with Crippen LogP contribution in [0.25, 0.3) is 11.4 Å². The molecule has 0 saturated carbocycles. The summed E-state index contributed by atoms with van der Waals surface area (Å²) in [5.74, 6) is 1.59. The first-order valence-corrected chi connectivity index (χ1v) is 9.24. The minimum absolute atomic E-state index is 0.0582. The summed E-state index contributed by atoms with van der Waals surface area (Å²) >= 11 is 1.41. The molecule has 1 amide bonds. The summed E-state index contributed by atoms with van der Waals surface area (Å²) in [5.41, 5.74) is 2.02. The number of thioether (sulfide) groups is 1. The van der Waals surface area contributed by atoms with Crippen molar-refractivity contribution in [1.29, 1.82) is 0 Å². The Hall–Kier alpha value is -2.54. The Morgan fingerprint density at radius 2 is 2.00 bits per heavy atom. The number of hydrogen-bond donors (Lipinski definition) is 0. The highest BCUT2D eigenvalue weighted by Gasteiger charge is 2.23. The van der Waals surface area contributed by atoms with Crippen molar-refractivity contribution >= 4 is 17.7 Å². The number of carbonyl (C=O) groups excluding carboxylic acids is 1. The second kappa shape index (κ2) is 7.78.